The van der Waals surface area contributed by atoms with Gasteiger partial charge in [0.2, 0.25) is 0 Å². The van der Waals surface area contributed by atoms with Gasteiger partial charge in [0.15, 0.2) is 0 Å². The van der Waals surface area contributed by atoms with Gasteiger partial charge in [-0.1, -0.05) is 84.9 Å². The molecule has 4 aromatic rings. The average Bonchev–Trinajstić information content (AvgIpc) is 2.96. The summed E-state index contributed by atoms with van der Waals surface area (Å²) in [5.74, 6) is 1.24. The third-order valence-corrected chi connectivity index (χ3v) is 5.69. The fourth-order valence-corrected chi connectivity index (χ4v) is 3.62. The molecule has 0 radical (unpaired) electrons. The summed E-state index contributed by atoms with van der Waals surface area (Å²) < 4.78 is 5.93. The monoisotopic (exact) mass is 526 g/mol. The van der Waals surface area contributed by atoms with Crippen LogP contribution in [0.3, 0.4) is 0 Å². The van der Waals surface area contributed by atoms with Crippen LogP contribution in [0.5, 0.6) is 11.5 Å². The first-order chi connectivity index (χ1) is 19.0. The first-order valence-electron chi connectivity index (χ1n) is 12.3. The van der Waals surface area contributed by atoms with E-state index in [1.165, 1.54) is 0 Å². The molecule has 0 aromatic heterocycles. The Hall–Kier alpha value is -4.86. The summed E-state index contributed by atoms with van der Waals surface area (Å²) in [4.78, 5) is 34.9. The number of urea groups is 2. The minimum Gasteiger partial charge on any atom is -0.457 e. The molecule has 39 heavy (non-hydrogen) atoms. The number of primary amides is 2. The Bertz CT molecular complexity index is 1230. The lowest BCUT2D eigenvalue weighted by molar-refractivity contribution is -0.132. The summed E-state index contributed by atoms with van der Waals surface area (Å²) in [6.07, 6.45) is 0. The van der Waals surface area contributed by atoms with Crippen LogP contribution in [0.1, 0.15) is 22.3 Å². The van der Waals surface area contributed by atoms with Gasteiger partial charge in [-0.2, -0.15) is 10.1 Å². The van der Waals surface area contributed by atoms with Crippen LogP contribution in [0.2, 0.25) is 0 Å². The lowest BCUT2D eigenvalue weighted by Gasteiger charge is -2.20. The maximum absolute atomic E-state index is 11.8. The lowest BCUT2D eigenvalue weighted by atomic mass is 10.2. The molecule has 0 aliphatic rings. The molecule has 200 valence electrons. The Balaban J connectivity index is 1.29. The second-order valence-corrected chi connectivity index (χ2v) is 8.66. The number of nitrogens with two attached hydrogens (primary N) is 2. The van der Waals surface area contributed by atoms with Crippen LogP contribution in [0.4, 0.5) is 9.59 Å². The first-order valence-corrected chi connectivity index (χ1v) is 12.3. The third kappa shape index (κ3) is 8.60. The van der Waals surface area contributed by atoms with Crippen LogP contribution in [-0.2, 0) is 36.0 Å². The number of ether oxygens (including phenoxy) is 1. The average molecular weight is 527 g/mol. The number of amides is 4. The summed E-state index contributed by atoms with van der Waals surface area (Å²) in [6.45, 7) is 0.856. The molecular weight excluding hydrogens is 496 g/mol. The maximum atomic E-state index is 11.8. The highest BCUT2D eigenvalue weighted by molar-refractivity contribution is 5.71. The Morgan fingerprint density at radius 3 is 1.21 bits per heavy atom. The minimum atomic E-state index is -0.674. The Kier molecular flexibility index (Phi) is 9.49. The molecule has 4 rings (SSSR count). The zero-order chi connectivity index (χ0) is 27.5. The van der Waals surface area contributed by atoms with E-state index in [1.807, 2.05) is 84.9 Å². The number of hydroxylamine groups is 4. The van der Waals surface area contributed by atoms with E-state index >= 15 is 0 Å². The molecule has 4 aromatic carbocycles. The van der Waals surface area contributed by atoms with Gasteiger partial charge in [-0.05, 0) is 46.5 Å². The van der Waals surface area contributed by atoms with Crippen molar-refractivity contribution in [3.8, 4) is 11.5 Å². The zero-order valence-electron chi connectivity index (χ0n) is 21.3. The van der Waals surface area contributed by atoms with Gasteiger partial charge in [-0.3, -0.25) is 9.68 Å². The fraction of sp³-hybridized carbons (Fsp3) is 0.133. The topological polar surface area (TPSA) is 120 Å². The number of hydrogen-bond acceptors (Lipinski definition) is 5. The van der Waals surface area contributed by atoms with Crippen molar-refractivity contribution in [3.05, 3.63) is 131 Å². The van der Waals surface area contributed by atoms with Crippen molar-refractivity contribution in [3.63, 3.8) is 0 Å². The highest BCUT2D eigenvalue weighted by atomic mass is 16.7. The van der Waals surface area contributed by atoms with E-state index in [1.54, 1.807) is 24.3 Å². The van der Waals surface area contributed by atoms with Gasteiger partial charge in [0.25, 0.3) is 0 Å². The second kappa shape index (κ2) is 13.6. The molecule has 0 atom stereocenters. The summed E-state index contributed by atoms with van der Waals surface area (Å²) in [5.41, 5.74) is 14.5. The highest BCUT2D eigenvalue weighted by Crippen LogP contribution is 2.23. The van der Waals surface area contributed by atoms with E-state index in [4.69, 9.17) is 25.9 Å². The number of nitrogens with zero attached hydrogens (tertiary/aromatic N) is 2. The van der Waals surface area contributed by atoms with Gasteiger partial charge < -0.3 is 16.2 Å². The Morgan fingerprint density at radius 1 is 0.513 bits per heavy atom. The number of carbonyl (C=O) groups is 2. The molecule has 0 spiro atoms. The Labute approximate surface area is 227 Å². The van der Waals surface area contributed by atoms with E-state index in [9.17, 15) is 9.59 Å². The fourth-order valence-electron chi connectivity index (χ4n) is 3.62. The predicted octanol–water partition coefficient (Wildman–Crippen LogP) is 5.50. The van der Waals surface area contributed by atoms with Gasteiger partial charge in [0.05, 0.1) is 13.1 Å². The molecule has 0 saturated heterocycles. The second-order valence-electron chi connectivity index (χ2n) is 8.66. The highest BCUT2D eigenvalue weighted by Gasteiger charge is 2.13. The van der Waals surface area contributed by atoms with Crippen LogP contribution in [0.15, 0.2) is 109 Å². The quantitative estimate of drug-likeness (QED) is 0.236. The number of hydrogen-bond donors (Lipinski definition) is 2. The van der Waals surface area contributed by atoms with Crippen molar-refractivity contribution in [2.75, 3.05) is 0 Å². The lowest BCUT2D eigenvalue weighted by Crippen LogP contribution is -2.35. The van der Waals surface area contributed by atoms with Crippen molar-refractivity contribution < 1.29 is 24.0 Å². The molecular formula is C30H30N4O5. The largest absolute Gasteiger partial charge is 0.457 e. The van der Waals surface area contributed by atoms with Crippen LogP contribution in [-0.4, -0.2) is 22.2 Å². The molecule has 0 aliphatic heterocycles. The predicted molar refractivity (Wildman–Crippen MR) is 146 cm³/mol. The van der Waals surface area contributed by atoms with Crippen LogP contribution in [0.25, 0.3) is 0 Å². The van der Waals surface area contributed by atoms with Gasteiger partial charge in [0, 0.05) is 0 Å². The molecule has 4 N–H and O–H groups in total. The van der Waals surface area contributed by atoms with Crippen molar-refractivity contribution in [2.45, 2.75) is 26.3 Å². The number of carbonyl (C=O) groups excluding carboxylic acids is 2. The normalized spacial score (nSPS) is 10.6. The summed E-state index contributed by atoms with van der Waals surface area (Å²) in [6, 6.07) is 32.2. The van der Waals surface area contributed by atoms with Gasteiger partial charge >= 0.3 is 12.1 Å². The van der Waals surface area contributed by atoms with Crippen LogP contribution >= 0.6 is 0 Å². The molecule has 0 fully saturated rings. The van der Waals surface area contributed by atoms with E-state index in [0.717, 1.165) is 32.4 Å². The Morgan fingerprint density at radius 2 is 0.872 bits per heavy atom. The molecule has 4 amide bonds. The summed E-state index contributed by atoms with van der Waals surface area (Å²) >= 11 is 0. The van der Waals surface area contributed by atoms with Gasteiger partial charge in [-0.25, -0.2) is 9.59 Å². The van der Waals surface area contributed by atoms with Crippen molar-refractivity contribution in [2.24, 2.45) is 11.5 Å². The van der Waals surface area contributed by atoms with E-state index in [2.05, 4.69) is 0 Å². The van der Waals surface area contributed by atoms with Crippen molar-refractivity contribution in [1.29, 1.82) is 0 Å². The molecule has 9 nitrogen and oxygen atoms in total. The van der Waals surface area contributed by atoms with Gasteiger partial charge in [-0.15, -0.1) is 0 Å². The maximum Gasteiger partial charge on any atom is 0.339 e. The smallest absolute Gasteiger partial charge is 0.339 e. The number of rotatable bonds is 12. The summed E-state index contributed by atoms with van der Waals surface area (Å²) in [7, 11) is 0. The summed E-state index contributed by atoms with van der Waals surface area (Å²) in [5, 5.41) is 2.25. The van der Waals surface area contributed by atoms with Crippen LogP contribution < -0.4 is 16.2 Å². The van der Waals surface area contributed by atoms with Crippen molar-refractivity contribution >= 4 is 12.1 Å². The number of benzene rings is 4. The van der Waals surface area contributed by atoms with E-state index < -0.39 is 12.1 Å². The first kappa shape index (κ1) is 27.2. The molecule has 0 unspecified atom stereocenters. The standard InChI is InChI=1S/C30H30N4O5/c31-29(35)33(37-21-25-7-3-1-4-8-25)19-23-11-15-27(16-12-23)39-28-17-13-24(14-18-28)20-34(30(32)36)38-22-26-9-5-2-6-10-26/h1-18H,19-22H2,(H2,31,35)(H2,32,36). The molecule has 0 saturated carbocycles. The van der Waals surface area contributed by atoms with Crippen LogP contribution in [0, 0.1) is 0 Å². The molecule has 0 aliphatic carbocycles. The minimum absolute atomic E-state index is 0.194. The molecule has 0 bridgehead atoms. The third-order valence-electron chi connectivity index (χ3n) is 5.69. The molecule has 0 heterocycles. The molecule has 9 heteroatoms. The van der Waals surface area contributed by atoms with Crippen molar-refractivity contribution in [1.82, 2.24) is 10.1 Å². The van der Waals surface area contributed by atoms with Gasteiger partial charge in [0.1, 0.15) is 24.7 Å². The zero-order valence-corrected chi connectivity index (χ0v) is 21.3. The van der Waals surface area contributed by atoms with E-state index in [0.29, 0.717) is 11.5 Å². The SMILES string of the molecule is NC(=O)N(Cc1ccc(Oc2ccc(CN(OCc3ccccc3)C(N)=O)cc2)cc1)OCc1ccccc1. The van der Waals surface area contributed by atoms with E-state index in [-0.39, 0.29) is 26.3 Å².